The summed E-state index contributed by atoms with van der Waals surface area (Å²) in [5.74, 6) is -0.0158. The number of nitrogens with zero attached hydrogens (tertiary/aromatic N) is 1. The zero-order valence-electron chi connectivity index (χ0n) is 14.6. The van der Waals surface area contributed by atoms with Crippen LogP contribution >= 0.6 is 11.6 Å². The van der Waals surface area contributed by atoms with Gasteiger partial charge in [0.2, 0.25) is 10.0 Å². The van der Waals surface area contributed by atoms with Crippen molar-refractivity contribution in [1.29, 1.82) is 0 Å². The minimum atomic E-state index is -3.59. The quantitative estimate of drug-likeness (QED) is 0.674. The van der Waals surface area contributed by atoms with E-state index in [-0.39, 0.29) is 21.9 Å². The lowest BCUT2D eigenvalue weighted by molar-refractivity contribution is -0.895. The van der Waals surface area contributed by atoms with Gasteiger partial charge in [-0.15, -0.1) is 0 Å². The second-order valence-corrected chi connectivity index (χ2v) is 9.01. The Bertz CT molecular complexity index is 729. The molecule has 9 heteroatoms. The Balaban J connectivity index is 1.48. The molecule has 1 aromatic carbocycles. The standard InChI is InChI=1S/C17H24ClN3O4S/c18-15-5-1-2-6-16(15)26(23,24)21-9-7-20(8-10-21)13-17(22)19-12-14-4-3-11-25-14/h1-2,5-6,14H,3-4,7-13H2,(H,19,22)/p+1/t14-/m1/s1. The molecule has 2 heterocycles. The number of sulfonamides is 1. The van der Waals surface area contributed by atoms with Crippen LogP contribution in [0, 0.1) is 0 Å². The lowest BCUT2D eigenvalue weighted by Crippen LogP contribution is -3.15. The van der Waals surface area contributed by atoms with Crippen molar-refractivity contribution in [2.45, 2.75) is 23.8 Å². The van der Waals surface area contributed by atoms with Gasteiger partial charge >= 0.3 is 0 Å². The van der Waals surface area contributed by atoms with E-state index in [1.54, 1.807) is 18.2 Å². The number of nitrogens with one attached hydrogen (secondary N) is 2. The molecule has 1 aromatic rings. The highest BCUT2D eigenvalue weighted by Crippen LogP contribution is 2.24. The molecule has 0 saturated carbocycles. The maximum absolute atomic E-state index is 12.7. The van der Waals surface area contributed by atoms with Gasteiger partial charge in [0.25, 0.3) is 5.91 Å². The van der Waals surface area contributed by atoms with Gasteiger partial charge < -0.3 is 15.0 Å². The van der Waals surface area contributed by atoms with Gasteiger partial charge in [0.05, 0.1) is 37.3 Å². The molecule has 0 radical (unpaired) electrons. The average Bonchev–Trinajstić information content (AvgIpc) is 3.14. The lowest BCUT2D eigenvalue weighted by Gasteiger charge is -2.31. The molecule has 1 amide bonds. The molecule has 0 bridgehead atoms. The number of piperazine rings is 1. The van der Waals surface area contributed by atoms with Gasteiger partial charge in [-0.2, -0.15) is 4.31 Å². The summed E-state index contributed by atoms with van der Waals surface area (Å²) < 4.78 is 32.4. The highest BCUT2D eigenvalue weighted by molar-refractivity contribution is 7.89. The zero-order chi connectivity index (χ0) is 18.6. The summed E-state index contributed by atoms with van der Waals surface area (Å²) in [5.41, 5.74) is 0. The maximum Gasteiger partial charge on any atom is 0.275 e. The van der Waals surface area contributed by atoms with Gasteiger partial charge in [0.15, 0.2) is 6.54 Å². The van der Waals surface area contributed by atoms with Crippen LogP contribution in [0.25, 0.3) is 0 Å². The smallest absolute Gasteiger partial charge is 0.275 e. The summed E-state index contributed by atoms with van der Waals surface area (Å²) in [6.45, 7) is 3.62. The second-order valence-electron chi connectivity index (χ2n) is 6.70. The molecule has 2 aliphatic rings. The van der Waals surface area contributed by atoms with Crippen molar-refractivity contribution in [3.63, 3.8) is 0 Å². The fraction of sp³-hybridized carbons (Fsp3) is 0.588. The van der Waals surface area contributed by atoms with Gasteiger partial charge in [-0.25, -0.2) is 8.42 Å². The number of quaternary nitrogens is 1. The van der Waals surface area contributed by atoms with Crippen molar-refractivity contribution in [1.82, 2.24) is 9.62 Å². The zero-order valence-corrected chi connectivity index (χ0v) is 16.2. The van der Waals surface area contributed by atoms with Crippen molar-refractivity contribution >= 4 is 27.5 Å². The van der Waals surface area contributed by atoms with E-state index < -0.39 is 10.0 Å². The second kappa shape index (κ2) is 8.67. The molecule has 2 aliphatic heterocycles. The first-order valence-electron chi connectivity index (χ1n) is 8.93. The lowest BCUT2D eigenvalue weighted by atomic mass is 10.2. The average molecular weight is 403 g/mol. The number of hydrogen-bond donors (Lipinski definition) is 2. The maximum atomic E-state index is 12.7. The number of ether oxygens (including phenoxy) is 1. The van der Waals surface area contributed by atoms with Gasteiger partial charge in [-0.05, 0) is 25.0 Å². The highest BCUT2D eigenvalue weighted by Gasteiger charge is 2.32. The first kappa shape index (κ1) is 19.6. The molecule has 0 aromatic heterocycles. The summed E-state index contributed by atoms with van der Waals surface area (Å²) in [7, 11) is -3.59. The van der Waals surface area contributed by atoms with Gasteiger partial charge in [-0.3, -0.25) is 4.79 Å². The molecule has 2 saturated heterocycles. The van der Waals surface area contributed by atoms with E-state index in [4.69, 9.17) is 16.3 Å². The molecule has 2 fully saturated rings. The molecule has 0 unspecified atom stereocenters. The van der Waals surface area contributed by atoms with Crippen LogP contribution in [0.5, 0.6) is 0 Å². The Morgan fingerprint density at radius 3 is 2.69 bits per heavy atom. The van der Waals surface area contributed by atoms with Gasteiger partial charge in [0.1, 0.15) is 4.90 Å². The molecule has 26 heavy (non-hydrogen) atoms. The Morgan fingerprint density at radius 2 is 2.04 bits per heavy atom. The van der Waals surface area contributed by atoms with E-state index in [0.717, 1.165) is 24.3 Å². The number of halogens is 1. The van der Waals surface area contributed by atoms with Crippen LogP contribution in [0.1, 0.15) is 12.8 Å². The van der Waals surface area contributed by atoms with E-state index in [0.29, 0.717) is 39.3 Å². The van der Waals surface area contributed by atoms with Crippen LogP contribution < -0.4 is 10.2 Å². The third-order valence-electron chi connectivity index (χ3n) is 4.85. The first-order valence-corrected chi connectivity index (χ1v) is 10.7. The van der Waals surface area contributed by atoms with Crippen LogP contribution in [0.4, 0.5) is 0 Å². The monoisotopic (exact) mass is 402 g/mol. The number of rotatable bonds is 6. The van der Waals surface area contributed by atoms with Crippen molar-refractivity contribution in [2.75, 3.05) is 45.9 Å². The molecular formula is C17H25ClN3O4S+. The topological polar surface area (TPSA) is 80.2 Å². The Morgan fingerprint density at radius 1 is 1.31 bits per heavy atom. The van der Waals surface area contributed by atoms with Crippen molar-refractivity contribution in [3.8, 4) is 0 Å². The van der Waals surface area contributed by atoms with Gasteiger partial charge in [0, 0.05) is 13.2 Å². The predicted octanol–water partition coefficient (Wildman–Crippen LogP) is -0.476. The van der Waals surface area contributed by atoms with Crippen LogP contribution in [0.3, 0.4) is 0 Å². The molecular weight excluding hydrogens is 378 g/mol. The number of hydrogen-bond acceptors (Lipinski definition) is 4. The normalized spacial score (nSPS) is 22.4. The molecule has 0 aliphatic carbocycles. The van der Waals surface area contributed by atoms with E-state index in [1.807, 2.05) is 0 Å². The highest BCUT2D eigenvalue weighted by atomic mass is 35.5. The van der Waals surface area contributed by atoms with E-state index in [9.17, 15) is 13.2 Å². The molecule has 0 spiro atoms. The minimum absolute atomic E-state index is 0.0158. The summed E-state index contributed by atoms with van der Waals surface area (Å²) in [5, 5.41) is 3.14. The van der Waals surface area contributed by atoms with Crippen LogP contribution in [0.15, 0.2) is 29.2 Å². The fourth-order valence-corrected chi connectivity index (χ4v) is 5.27. The molecule has 3 rings (SSSR count). The Labute approximate surface area is 159 Å². The summed E-state index contributed by atoms with van der Waals surface area (Å²) >= 11 is 6.04. The number of amides is 1. The third-order valence-corrected chi connectivity index (χ3v) is 7.24. The van der Waals surface area contributed by atoms with E-state index >= 15 is 0 Å². The van der Waals surface area contributed by atoms with Gasteiger partial charge in [-0.1, -0.05) is 23.7 Å². The number of carbonyl (C=O) groups is 1. The summed E-state index contributed by atoms with van der Waals surface area (Å²) in [6, 6.07) is 6.47. The van der Waals surface area contributed by atoms with Crippen LogP contribution in [-0.4, -0.2) is 70.6 Å². The molecule has 2 N–H and O–H groups in total. The van der Waals surface area contributed by atoms with E-state index in [1.165, 1.54) is 10.4 Å². The Hall–Kier alpha value is -1.19. The molecule has 144 valence electrons. The van der Waals surface area contributed by atoms with Crippen molar-refractivity contribution < 1.29 is 22.8 Å². The van der Waals surface area contributed by atoms with Crippen molar-refractivity contribution in [3.05, 3.63) is 29.3 Å². The Kier molecular flexibility index (Phi) is 6.52. The molecule has 1 atom stereocenters. The number of carbonyl (C=O) groups excluding carboxylic acids is 1. The fourth-order valence-electron chi connectivity index (χ4n) is 3.34. The van der Waals surface area contributed by atoms with E-state index in [2.05, 4.69) is 5.32 Å². The van der Waals surface area contributed by atoms with Crippen LogP contribution in [-0.2, 0) is 19.6 Å². The summed E-state index contributed by atoms with van der Waals surface area (Å²) in [4.78, 5) is 13.3. The molecule has 7 nitrogen and oxygen atoms in total. The first-order chi connectivity index (χ1) is 12.5. The van der Waals surface area contributed by atoms with Crippen molar-refractivity contribution in [2.24, 2.45) is 0 Å². The summed E-state index contributed by atoms with van der Waals surface area (Å²) in [6.07, 6.45) is 2.17. The largest absolute Gasteiger partial charge is 0.376 e. The predicted molar refractivity (Wildman–Crippen MR) is 97.8 cm³/mol. The number of benzene rings is 1. The third kappa shape index (κ3) is 4.75. The van der Waals surface area contributed by atoms with Crippen LogP contribution in [0.2, 0.25) is 5.02 Å². The SMILES string of the molecule is O=C(C[NH+]1CCN(S(=O)(=O)c2ccccc2Cl)CC1)NC[C@H]1CCCO1. The minimum Gasteiger partial charge on any atom is -0.376 e.